The average molecular weight is 333 g/mol. The quantitative estimate of drug-likeness (QED) is 0.566. The molecule has 2 aromatic carbocycles. The van der Waals surface area contributed by atoms with Gasteiger partial charge in [0.2, 0.25) is 0 Å². The molecule has 0 radical (unpaired) electrons. The van der Waals surface area contributed by atoms with Crippen LogP contribution in [-0.2, 0) is 0 Å². The van der Waals surface area contributed by atoms with Crippen LogP contribution in [0.3, 0.4) is 0 Å². The fourth-order valence-corrected chi connectivity index (χ4v) is 3.70. The Morgan fingerprint density at radius 1 is 1.00 bits per heavy atom. The van der Waals surface area contributed by atoms with Crippen LogP contribution in [0, 0.1) is 0 Å². The van der Waals surface area contributed by atoms with E-state index in [2.05, 4.69) is 9.97 Å². The molecule has 0 saturated heterocycles. The van der Waals surface area contributed by atoms with Crippen LogP contribution in [0.5, 0.6) is 0 Å². The molecule has 0 bridgehead atoms. The minimum Gasteiger partial charge on any atom is -0.268 e. The molecule has 0 N–H and O–H groups in total. The van der Waals surface area contributed by atoms with Gasteiger partial charge in [-0.25, -0.2) is 9.97 Å². The van der Waals surface area contributed by atoms with Gasteiger partial charge in [0.15, 0.2) is 5.82 Å². The normalized spacial score (nSPS) is 12.4. The molecule has 2 heterocycles. The summed E-state index contributed by atoms with van der Waals surface area (Å²) in [6, 6.07) is 19.8. The van der Waals surface area contributed by atoms with Crippen molar-refractivity contribution in [3.05, 3.63) is 82.8 Å². The average Bonchev–Trinajstić information content (AvgIpc) is 2.99. The number of benzene rings is 2. The van der Waals surface area contributed by atoms with Crippen molar-refractivity contribution in [3.8, 4) is 11.4 Å². The van der Waals surface area contributed by atoms with Crippen LogP contribution in [0.4, 0.5) is 0 Å². The van der Waals surface area contributed by atoms with Gasteiger partial charge in [-0.1, -0.05) is 60.7 Å². The van der Waals surface area contributed by atoms with E-state index in [9.17, 15) is 4.79 Å². The van der Waals surface area contributed by atoms with Crippen molar-refractivity contribution in [1.29, 1.82) is 0 Å². The summed E-state index contributed by atoms with van der Waals surface area (Å²) >= 11 is 1.39. The summed E-state index contributed by atoms with van der Waals surface area (Å²) < 4.78 is 1.77. The lowest BCUT2D eigenvalue weighted by Gasteiger charge is -2.11. The first kappa shape index (κ1) is 14.8. The molecule has 2 aromatic heterocycles. The Hall–Kier alpha value is -2.79. The van der Waals surface area contributed by atoms with Gasteiger partial charge in [-0.2, -0.15) is 0 Å². The van der Waals surface area contributed by atoms with Crippen molar-refractivity contribution in [2.24, 2.45) is 0 Å². The second kappa shape index (κ2) is 6.02. The van der Waals surface area contributed by atoms with Crippen molar-refractivity contribution in [2.45, 2.75) is 13.0 Å². The molecule has 4 nitrogen and oxygen atoms in total. The first-order chi connectivity index (χ1) is 11.7. The zero-order valence-electron chi connectivity index (χ0n) is 13.1. The van der Waals surface area contributed by atoms with Gasteiger partial charge in [-0.3, -0.25) is 8.75 Å². The third-order valence-electron chi connectivity index (χ3n) is 4.03. The Morgan fingerprint density at radius 3 is 2.38 bits per heavy atom. The summed E-state index contributed by atoms with van der Waals surface area (Å²) in [5.41, 5.74) is 2.01. The monoisotopic (exact) mass is 333 g/mol. The van der Waals surface area contributed by atoms with Crippen LogP contribution in [0.15, 0.2) is 71.7 Å². The van der Waals surface area contributed by atoms with Crippen molar-refractivity contribution in [2.75, 3.05) is 0 Å². The van der Waals surface area contributed by atoms with E-state index in [0.29, 0.717) is 11.2 Å². The summed E-state index contributed by atoms with van der Waals surface area (Å²) in [5, 5.41) is 0.572. The number of rotatable bonds is 3. The molecule has 0 aliphatic carbocycles. The van der Waals surface area contributed by atoms with Crippen LogP contribution in [-0.4, -0.2) is 13.9 Å². The molecule has 24 heavy (non-hydrogen) atoms. The van der Waals surface area contributed by atoms with Gasteiger partial charge in [0, 0.05) is 11.8 Å². The smallest absolute Gasteiger partial charge is 0.268 e. The minimum absolute atomic E-state index is 0.0296. The first-order valence-electron chi connectivity index (χ1n) is 7.73. The van der Waals surface area contributed by atoms with E-state index in [0.717, 1.165) is 16.0 Å². The van der Waals surface area contributed by atoms with Gasteiger partial charge in [-0.05, 0) is 24.0 Å². The summed E-state index contributed by atoms with van der Waals surface area (Å²) in [5.74, 6) is 0.642. The maximum atomic E-state index is 12.7. The second-order valence-electron chi connectivity index (χ2n) is 5.59. The summed E-state index contributed by atoms with van der Waals surface area (Å²) in [6.45, 7) is 2.03. The van der Waals surface area contributed by atoms with Gasteiger partial charge < -0.3 is 0 Å². The maximum Gasteiger partial charge on any atom is 0.272 e. The van der Waals surface area contributed by atoms with Gasteiger partial charge in [0.1, 0.15) is 4.83 Å². The Balaban J connectivity index is 1.82. The van der Waals surface area contributed by atoms with Crippen LogP contribution in [0.2, 0.25) is 0 Å². The second-order valence-corrected chi connectivity index (χ2v) is 6.55. The lowest BCUT2D eigenvalue weighted by atomic mass is 10.1. The molecular formula is C19H15N3OS. The summed E-state index contributed by atoms with van der Waals surface area (Å²) in [7, 11) is 0. The predicted molar refractivity (Wildman–Crippen MR) is 97.4 cm³/mol. The Kier molecular flexibility index (Phi) is 3.70. The van der Waals surface area contributed by atoms with Crippen molar-refractivity contribution >= 4 is 21.7 Å². The maximum absolute atomic E-state index is 12.7. The lowest BCUT2D eigenvalue weighted by Crippen LogP contribution is -2.17. The fraction of sp³-hybridized carbons (Fsp3) is 0.105. The number of hydrogen-bond acceptors (Lipinski definition) is 4. The van der Waals surface area contributed by atoms with Gasteiger partial charge >= 0.3 is 0 Å². The van der Waals surface area contributed by atoms with Crippen LogP contribution in [0.1, 0.15) is 18.5 Å². The molecule has 0 aliphatic rings. The summed E-state index contributed by atoms with van der Waals surface area (Å²) in [6.07, 6.45) is 1.64. The number of nitrogens with zero attached hydrogens (tertiary/aromatic N) is 3. The highest BCUT2D eigenvalue weighted by Gasteiger charge is 2.16. The van der Waals surface area contributed by atoms with Crippen LogP contribution in [0.25, 0.3) is 21.6 Å². The SMILES string of the molecule is CC(c1ccccc1)n1sc2nc(-c3ccccc3)ncc2c1=O. The largest absolute Gasteiger partial charge is 0.272 e. The Bertz CT molecular complexity index is 1040. The zero-order chi connectivity index (χ0) is 16.5. The van der Waals surface area contributed by atoms with E-state index in [1.165, 1.54) is 11.5 Å². The van der Waals surface area contributed by atoms with Crippen LogP contribution < -0.4 is 5.56 Å². The van der Waals surface area contributed by atoms with Crippen molar-refractivity contribution < 1.29 is 0 Å². The Morgan fingerprint density at radius 2 is 1.67 bits per heavy atom. The minimum atomic E-state index is -0.0361. The molecule has 0 saturated carbocycles. The molecule has 0 amide bonds. The molecule has 0 aliphatic heterocycles. The molecular weight excluding hydrogens is 318 g/mol. The highest BCUT2D eigenvalue weighted by atomic mass is 32.1. The van der Waals surface area contributed by atoms with E-state index in [4.69, 9.17) is 0 Å². The van der Waals surface area contributed by atoms with E-state index >= 15 is 0 Å². The number of hydrogen-bond donors (Lipinski definition) is 0. The van der Waals surface area contributed by atoms with Gasteiger partial charge in [-0.15, -0.1) is 0 Å². The lowest BCUT2D eigenvalue weighted by molar-refractivity contribution is 0.678. The Labute approximate surface area is 143 Å². The van der Waals surface area contributed by atoms with Crippen LogP contribution >= 0.6 is 11.5 Å². The first-order valence-corrected chi connectivity index (χ1v) is 8.50. The number of fused-ring (bicyclic) bond motifs is 1. The molecule has 0 fully saturated rings. The molecule has 118 valence electrons. The standard InChI is InChI=1S/C19H15N3OS/c1-13(14-8-4-2-5-9-14)22-19(23)16-12-20-17(21-18(16)24-22)15-10-6-3-7-11-15/h2-13H,1H3. The molecule has 1 unspecified atom stereocenters. The number of aromatic nitrogens is 3. The topological polar surface area (TPSA) is 47.8 Å². The zero-order valence-corrected chi connectivity index (χ0v) is 13.9. The van der Waals surface area contributed by atoms with Crippen molar-refractivity contribution in [3.63, 3.8) is 0 Å². The third kappa shape index (κ3) is 2.53. The van der Waals surface area contributed by atoms with E-state index in [-0.39, 0.29) is 11.6 Å². The highest BCUT2D eigenvalue weighted by Crippen LogP contribution is 2.24. The fourth-order valence-electron chi connectivity index (χ4n) is 2.68. The molecule has 4 rings (SSSR count). The van der Waals surface area contributed by atoms with Gasteiger partial charge in [0.05, 0.1) is 11.4 Å². The molecule has 5 heteroatoms. The van der Waals surface area contributed by atoms with E-state index < -0.39 is 0 Å². The highest BCUT2D eigenvalue weighted by molar-refractivity contribution is 7.13. The molecule has 1 atom stereocenters. The molecule has 4 aromatic rings. The molecule has 0 spiro atoms. The van der Waals surface area contributed by atoms with Crippen molar-refractivity contribution in [1.82, 2.24) is 13.9 Å². The van der Waals surface area contributed by atoms with E-state index in [1.807, 2.05) is 67.6 Å². The predicted octanol–water partition coefficient (Wildman–Crippen LogP) is 4.13. The third-order valence-corrected chi connectivity index (χ3v) is 5.20. The van der Waals surface area contributed by atoms with Gasteiger partial charge in [0.25, 0.3) is 5.56 Å². The summed E-state index contributed by atoms with van der Waals surface area (Å²) in [4.78, 5) is 22.4. The van der Waals surface area contributed by atoms with E-state index in [1.54, 1.807) is 10.2 Å².